The number of nitrogens with one attached hydrogen (secondary N) is 1. The molecule has 9 heteroatoms. The third kappa shape index (κ3) is 8.57. The van der Waals surface area contributed by atoms with Gasteiger partial charge in [0.25, 0.3) is 0 Å². The van der Waals surface area contributed by atoms with Crippen molar-refractivity contribution < 1.29 is 18.0 Å². The van der Waals surface area contributed by atoms with Crippen LogP contribution in [0.15, 0.2) is 72.8 Å². The number of halogens is 1. The molecule has 2 amide bonds. The fourth-order valence-electron chi connectivity index (χ4n) is 4.40. The molecule has 0 fully saturated rings. The first kappa shape index (κ1) is 31.2. The van der Waals surface area contributed by atoms with Crippen LogP contribution in [0.3, 0.4) is 0 Å². The summed E-state index contributed by atoms with van der Waals surface area (Å²) in [6.45, 7) is 8.83. The van der Waals surface area contributed by atoms with Crippen molar-refractivity contribution in [3.63, 3.8) is 0 Å². The number of nitrogens with zero attached hydrogens (tertiary/aromatic N) is 2. The highest BCUT2D eigenvalue weighted by Gasteiger charge is 2.34. The number of anilines is 1. The minimum atomic E-state index is -3.84. The van der Waals surface area contributed by atoms with Gasteiger partial charge in [0.1, 0.15) is 12.6 Å². The first-order valence-corrected chi connectivity index (χ1v) is 15.3. The van der Waals surface area contributed by atoms with E-state index in [1.807, 2.05) is 76.2 Å². The lowest BCUT2D eigenvalue weighted by molar-refractivity contribution is -0.140. The Kier molecular flexibility index (Phi) is 10.0. The predicted molar refractivity (Wildman–Crippen MR) is 162 cm³/mol. The van der Waals surface area contributed by atoms with Gasteiger partial charge in [0, 0.05) is 23.5 Å². The summed E-state index contributed by atoms with van der Waals surface area (Å²) in [6, 6.07) is 21.1. The molecule has 0 aliphatic rings. The first-order chi connectivity index (χ1) is 18.7. The fraction of sp³-hybridized carbons (Fsp3) is 0.355. The first-order valence-electron chi connectivity index (χ1n) is 13.1. The van der Waals surface area contributed by atoms with Crippen molar-refractivity contribution in [1.82, 2.24) is 10.2 Å². The number of sulfonamides is 1. The molecular formula is C31H38ClN3O4S. The monoisotopic (exact) mass is 583 g/mol. The van der Waals surface area contributed by atoms with Crippen LogP contribution in [-0.4, -0.2) is 49.5 Å². The summed E-state index contributed by atoms with van der Waals surface area (Å²) in [4.78, 5) is 29.4. The SMILES string of the molecule is Cc1ccc(C)c(N(CC(=O)N(Cc2ccccc2Cl)[C@@H](Cc2ccccc2)C(=O)NC(C)(C)C)S(C)(=O)=O)c1. The van der Waals surface area contributed by atoms with E-state index in [1.54, 1.807) is 31.2 Å². The minimum Gasteiger partial charge on any atom is -0.350 e. The van der Waals surface area contributed by atoms with Gasteiger partial charge in [-0.25, -0.2) is 8.42 Å². The van der Waals surface area contributed by atoms with Gasteiger partial charge >= 0.3 is 0 Å². The smallest absolute Gasteiger partial charge is 0.244 e. The van der Waals surface area contributed by atoms with Crippen molar-refractivity contribution in [2.24, 2.45) is 0 Å². The maximum atomic E-state index is 14.2. The van der Waals surface area contributed by atoms with Gasteiger partial charge in [-0.2, -0.15) is 0 Å². The molecule has 0 saturated carbocycles. The molecule has 0 heterocycles. The number of carbonyl (C=O) groups excluding carboxylic acids is 2. The molecule has 3 aromatic carbocycles. The largest absolute Gasteiger partial charge is 0.350 e. The van der Waals surface area contributed by atoms with E-state index in [9.17, 15) is 18.0 Å². The van der Waals surface area contributed by atoms with E-state index in [2.05, 4.69) is 5.32 Å². The number of benzene rings is 3. The zero-order valence-corrected chi connectivity index (χ0v) is 25.5. The van der Waals surface area contributed by atoms with Gasteiger partial charge in [0.05, 0.1) is 11.9 Å². The fourth-order valence-corrected chi connectivity index (χ4v) is 5.49. The maximum absolute atomic E-state index is 14.2. The lowest BCUT2D eigenvalue weighted by Gasteiger charge is -2.35. The molecular weight excluding hydrogens is 546 g/mol. The molecule has 7 nitrogen and oxygen atoms in total. The Bertz CT molecular complexity index is 1450. The molecule has 0 saturated heterocycles. The predicted octanol–water partition coefficient (Wildman–Crippen LogP) is 5.28. The highest BCUT2D eigenvalue weighted by Crippen LogP contribution is 2.26. The van der Waals surface area contributed by atoms with Crippen LogP contribution < -0.4 is 9.62 Å². The standard InChI is InChI=1S/C31H38ClN3O4S/c1-22-16-17-23(2)27(18-22)35(40(6,38)39)21-29(36)34(20-25-14-10-11-15-26(25)32)28(30(37)33-31(3,4)5)19-24-12-8-7-9-13-24/h7-18,28H,19-21H2,1-6H3,(H,33,37)/t28-/m0/s1. The quantitative estimate of drug-likeness (QED) is 0.352. The number of aryl methyl sites for hydroxylation is 2. The summed E-state index contributed by atoms with van der Waals surface area (Å²) in [6.07, 6.45) is 1.31. The van der Waals surface area contributed by atoms with E-state index in [4.69, 9.17) is 11.6 Å². The van der Waals surface area contributed by atoms with E-state index in [0.717, 1.165) is 21.7 Å². The van der Waals surface area contributed by atoms with Crippen molar-refractivity contribution in [2.75, 3.05) is 17.1 Å². The van der Waals surface area contributed by atoms with Crippen LogP contribution in [-0.2, 0) is 32.6 Å². The molecule has 0 bridgehead atoms. The van der Waals surface area contributed by atoms with E-state index in [0.29, 0.717) is 21.8 Å². The average Bonchev–Trinajstić information content (AvgIpc) is 2.86. The topological polar surface area (TPSA) is 86.8 Å². The molecule has 0 aliphatic heterocycles. The van der Waals surface area contributed by atoms with Crippen LogP contribution >= 0.6 is 11.6 Å². The summed E-state index contributed by atoms with van der Waals surface area (Å²) >= 11 is 6.49. The Labute approximate surface area is 243 Å². The summed E-state index contributed by atoms with van der Waals surface area (Å²) in [5, 5.41) is 3.46. The lowest BCUT2D eigenvalue weighted by Crippen LogP contribution is -2.56. The normalized spacial score (nSPS) is 12.5. The molecule has 0 aromatic heterocycles. The maximum Gasteiger partial charge on any atom is 0.244 e. The van der Waals surface area contributed by atoms with Crippen molar-refractivity contribution in [2.45, 2.75) is 59.2 Å². The van der Waals surface area contributed by atoms with Gasteiger partial charge in [-0.15, -0.1) is 0 Å². The molecule has 40 heavy (non-hydrogen) atoms. The highest BCUT2D eigenvalue weighted by molar-refractivity contribution is 7.92. The molecule has 1 atom stereocenters. The van der Waals surface area contributed by atoms with Crippen LogP contribution in [0.1, 0.15) is 43.0 Å². The van der Waals surface area contributed by atoms with Gasteiger partial charge in [-0.1, -0.05) is 72.3 Å². The van der Waals surface area contributed by atoms with Crippen molar-refractivity contribution >= 4 is 39.1 Å². The van der Waals surface area contributed by atoms with Gasteiger partial charge in [0.15, 0.2) is 0 Å². The second-order valence-corrected chi connectivity index (χ2v) is 13.4. The van der Waals surface area contributed by atoms with Gasteiger partial charge in [-0.05, 0) is 69.0 Å². The minimum absolute atomic E-state index is 0.0258. The Morgan fingerprint density at radius 3 is 2.17 bits per heavy atom. The summed E-state index contributed by atoms with van der Waals surface area (Å²) in [7, 11) is -3.84. The molecule has 3 aromatic rings. The Hall–Kier alpha value is -3.36. The van der Waals surface area contributed by atoms with Crippen molar-refractivity contribution in [1.29, 1.82) is 0 Å². The zero-order chi connectivity index (χ0) is 29.7. The number of hydrogen-bond donors (Lipinski definition) is 1. The molecule has 0 spiro atoms. The van der Waals surface area contributed by atoms with Crippen molar-refractivity contribution in [3.8, 4) is 0 Å². The van der Waals surface area contributed by atoms with Crippen LogP contribution in [0.5, 0.6) is 0 Å². The Morgan fingerprint density at radius 2 is 1.57 bits per heavy atom. The molecule has 214 valence electrons. The van der Waals surface area contributed by atoms with Gasteiger partial charge in [-0.3, -0.25) is 13.9 Å². The molecule has 3 rings (SSSR count). The number of rotatable bonds is 10. The van der Waals surface area contributed by atoms with Crippen LogP contribution in [0, 0.1) is 13.8 Å². The number of amides is 2. The van der Waals surface area contributed by atoms with Gasteiger partial charge in [0.2, 0.25) is 21.8 Å². The Morgan fingerprint density at radius 1 is 0.950 bits per heavy atom. The number of carbonyl (C=O) groups is 2. The van der Waals surface area contributed by atoms with E-state index in [1.165, 1.54) is 4.90 Å². The van der Waals surface area contributed by atoms with Gasteiger partial charge < -0.3 is 10.2 Å². The van der Waals surface area contributed by atoms with Crippen LogP contribution in [0.2, 0.25) is 5.02 Å². The highest BCUT2D eigenvalue weighted by atomic mass is 35.5. The zero-order valence-electron chi connectivity index (χ0n) is 23.9. The summed E-state index contributed by atoms with van der Waals surface area (Å²) < 4.78 is 27.1. The second-order valence-electron chi connectivity index (χ2n) is 11.1. The summed E-state index contributed by atoms with van der Waals surface area (Å²) in [5.74, 6) is -0.856. The molecule has 0 unspecified atom stereocenters. The van der Waals surface area contributed by atoms with E-state index in [-0.39, 0.29) is 18.9 Å². The van der Waals surface area contributed by atoms with E-state index >= 15 is 0 Å². The molecule has 1 N–H and O–H groups in total. The third-order valence-corrected chi connectivity index (χ3v) is 7.88. The second kappa shape index (κ2) is 12.9. The molecule has 0 radical (unpaired) electrons. The number of hydrogen-bond acceptors (Lipinski definition) is 4. The lowest BCUT2D eigenvalue weighted by atomic mass is 10.0. The summed E-state index contributed by atoms with van der Waals surface area (Å²) in [5.41, 5.74) is 2.96. The van der Waals surface area contributed by atoms with Crippen LogP contribution in [0.4, 0.5) is 5.69 Å². The van der Waals surface area contributed by atoms with Crippen LogP contribution in [0.25, 0.3) is 0 Å². The van der Waals surface area contributed by atoms with Crippen molar-refractivity contribution in [3.05, 3.63) is 100 Å². The average molecular weight is 584 g/mol. The molecule has 0 aliphatic carbocycles. The third-order valence-electron chi connectivity index (χ3n) is 6.38. The Balaban J connectivity index is 2.11. The van der Waals surface area contributed by atoms with E-state index < -0.39 is 34.1 Å².